The lowest BCUT2D eigenvalue weighted by molar-refractivity contribution is -0.140. The lowest BCUT2D eigenvalue weighted by Crippen LogP contribution is -2.55. The van der Waals surface area contributed by atoms with E-state index in [2.05, 4.69) is 31.3 Å². The van der Waals surface area contributed by atoms with E-state index < -0.39 is 5.54 Å². The van der Waals surface area contributed by atoms with Crippen molar-refractivity contribution in [2.24, 2.45) is 5.92 Å². The minimum atomic E-state index is -0.690. The zero-order chi connectivity index (χ0) is 17.6. The van der Waals surface area contributed by atoms with Crippen molar-refractivity contribution in [3.05, 3.63) is 35.9 Å². The Morgan fingerprint density at radius 2 is 2.00 bits per heavy atom. The highest BCUT2D eigenvalue weighted by molar-refractivity contribution is 5.94. The third kappa shape index (κ3) is 4.59. The molecule has 132 valence electrons. The first-order valence-electron chi connectivity index (χ1n) is 9.06. The molecule has 1 heterocycles. The van der Waals surface area contributed by atoms with Crippen LogP contribution in [0.5, 0.6) is 0 Å². The summed E-state index contributed by atoms with van der Waals surface area (Å²) < 4.78 is 0. The van der Waals surface area contributed by atoms with Crippen molar-refractivity contribution >= 4 is 11.8 Å². The molecule has 0 aliphatic carbocycles. The summed E-state index contributed by atoms with van der Waals surface area (Å²) in [5.74, 6) is 0.656. The maximum Gasteiger partial charge on any atom is 0.245 e. The van der Waals surface area contributed by atoms with Crippen LogP contribution in [0.1, 0.15) is 52.0 Å². The number of hydrogen-bond acceptors (Lipinski definition) is 2. The van der Waals surface area contributed by atoms with Gasteiger partial charge in [-0.3, -0.25) is 9.59 Å². The van der Waals surface area contributed by atoms with Gasteiger partial charge in [-0.25, -0.2) is 0 Å². The summed E-state index contributed by atoms with van der Waals surface area (Å²) in [5.41, 5.74) is 0.581. The summed E-state index contributed by atoms with van der Waals surface area (Å²) in [6.07, 6.45) is 3.86. The molecule has 2 amide bonds. The molecule has 1 saturated heterocycles. The normalized spacial score (nSPS) is 20.7. The van der Waals surface area contributed by atoms with E-state index in [9.17, 15) is 9.59 Å². The standard InChI is InChI=1S/C20H30N2O2/c1-16(2)12-14-21-19(24)20(3)13-11-18(23)22(20)15-7-10-17-8-5-4-6-9-17/h4-6,8-9,16H,7,10-15H2,1-3H3,(H,21,24). The van der Waals surface area contributed by atoms with Crippen molar-refractivity contribution in [1.29, 1.82) is 0 Å². The summed E-state index contributed by atoms with van der Waals surface area (Å²) >= 11 is 0. The summed E-state index contributed by atoms with van der Waals surface area (Å²) in [4.78, 5) is 26.7. The molecule has 1 aliphatic rings. The number of carbonyl (C=O) groups is 2. The zero-order valence-corrected chi connectivity index (χ0v) is 15.2. The van der Waals surface area contributed by atoms with Crippen LogP contribution < -0.4 is 5.32 Å². The molecule has 1 aromatic carbocycles. The number of benzene rings is 1. The lowest BCUT2D eigenvalue weighted by Gasteiger charge is -2.34. The second-order valence-electron chi connectivity index (χ2n) is 7.35. The van der Waals surface area contributed by atoms with Gasteiger partial charge in [0.05, 0.1) is 0 Å². The summed E-state index contributed by atoms with van der Waals surface area (Å²) in [7, 11) is 0. The van der Waals surface area contributed by atoms with Gasteiger partial charge in [0.2, 0.25) is 11.8 Å². The summed E-state index contributed by atoms with van der Waals surface area (Å²) in [6.45, 7) is 7.51. The second-order valence-corrected chi connectivity index (χ2v) is 7.35. The highest BCUT2D eigenvalue weighted by Crippen LogP contribution is 2.30. The topological polar surface area (TPSA) is 49.4 Å². The van der Waals surface area contributed by atoms with Crippen LogP contribution in [0.2, 0.25) is 0 Å². The largest absolute Gasteiger partial charge is 0.354 e. The maximum absolute atomic E-state index is 12.6. The minimum Gasteiger partial charge on any atom is -0.354 e. The van der Waals surface area contributed by atoms with Crippen LogP contribution in [-0.4, -0.2) is 35.3 Å². The number of rotatable bonds is 8. The molecule has 0 radical (unpaired) electrons. The van der Waals surface area contributed by atoms with E-state index in [1.165, 1.54) is 5.56 Å². The fourth-order valence-electron chi connectivity index (χ4n) is 3.25. The monoisotopic (exact) mass is 330 g/mol. The van der Waals surface area contributed by atoms with Crippen LogP contribution in [0, 0.1) is 5.92 Å². The third-order valence-corrected chi connectivity index (χ3v) is 4.91. The fraction of sp³-hybridized carbons (Fsp3) is 0.600. The average Bonchev–Trinajstić information content (AvgIpc) is 2.85. The van der Waals surface area contributed by atoms with Crippen LogP contribution in [0.25, 0.3) is 0 Å². The molecule has 1 N–H and O–H groups in total. The molecule has 0 spiro atoms. The highest BCUT2D eigenvalue weighted by atomic mass is 16.2. The van der Waals surface area contributed by atoms with Gasteiger partial charge >= 0.3 is 0 Å². The van der Waals surface area contributed by atoms with Crippen molar-refractivity contribution in [2.45, 2.75) is 58.4 Å². The van der Waals surface area contributed by atoms with E-state index >= 15 is 0 Å². The van der Waals surface area contributed by atoms with E-state index in [1.54, 1.807) is 4.90 Å². The number of nitrogens with one attached hydrogen (secondary N) is 1. The van der Waals surface area contributed by atoms with E-state index in [1.807, 2.05) is 25.1 Å². The van der Waals surface area contributed by atoms with Crippen LogP contribution in [0.15, 0.2) is 30.3 Å². The Morgan fingerprint density at radius 1 is 1.29 bits per heavy atom. The molecule has 2 rings (SSSR count). The van der Waals surface area contributed by atoms with Gasteiger partial charge in [0, 0.05) is 19.5 Å². The number of likely N-dealkylation sites (tertiary alicyclic amines) is 1. The smallest absolute Gasteiger partial charge is 0.245 e. The first-order chi connectivity index (χ1) is 11.4. The maximum atomic E-state index is 12.6. The van der Waals surface area contributed by atoms with Crippen LogP contribution in [0.4, 0.5) is 0 Å². The van der Waals surface area contributed by atoms with Crippen molar-refractivity contribution in [3.63, 3.8) is 0 Å². The van der Waals surface area contributed by atoms with Crippen molar-refractivity contribution in [3.8, 4) is 0 Å². The summed E-state index contributed by atoms with van der Waals surface area (Å²) in [6, 6.07) is 10.3. The van der Waals surface area contributed by atoms with Crippen molar-refractivity contribution in [1.82, 2.24) is 10.2 Å². The van der Waals surface area contributed by atoms with Crippen LogP contribution in [0.3, 0.4) is 0 Å². The van der Waals surface area contributed by atoms with Crippen LogP contribution >= 0.6 is 0 Å². The lowest BCUT2D eigenvalue weighted by atomic mass is 9.97. The Hall–Kier alpha value is -1.84. The molecule has 0 aromatic heterocycles. The van der Waals surface area contributed by atoms with E-state index in [0.717, 1.165) is 19.3 Å². The van der Waals surface area contributed by atoms with Crippen molar-refractivity contribution < 1.29 is 9.59 Å². The first kappa shape index (κ1) is 18.5. The van der Waals surface area contributed by atoms with Gasteiger partial charge < -0.3 is 10.2 Å². The van der Waals surface area contributed by atoms with Gasteiger partial charge in [0.15, 0.2) is 0 Å². The molecule has 24 heavy (non-hydrogen) atoms. The molecule has 1 aromatic rings. The molecular formula is C20H30N2O2. The van der Waals surface area contributed by atoms with E-state index in [-0.39, 0.29) is 11.8 Å². The van der Waals surface area contributed by atoms with E-state index in [4.69, 9.17) is 0 Å². The quantitative estimate of drug-likeness (QED) is 0.796. The number of aryl methyl sites for hydroxylation is 1. The summed E-state index contributed by atoms with van der Waals surface area (Å²) in [5, 5.41) is 3.02. The highest BCUT2D eigenvalue weighted by Gasteiger charge is 2.46. The number of carbonyl (C=O) groups excluding carboxylic acids is 2. The predicted octanol–water partition coefficient (Wildman–Crippen LogP) is 3.16. The Morgan fingerprint density at radius 3 is 2.67 bits per heavy atom. The molecular weight excluding hydrogens is 300 g/mol. The minimum absolute atomic E-state index is 0.00582. The molecule has 0 bridgehead atoms. The van der Waals surface area contributed by atoms with Gasteiger partial charge in [0.25, 0.3) is 0 Å². The van der Waals surface area contributed by atoms with Gasteiger partial charge in [-0.2, -0.15) is 0 Å². The molecule has 1 fully saturated rings. The number of nitrogens with zero attached hydrogens (tertiary/aromatic N) is 1. The second kappa shape index (κ2) is 8.32. The van der Waals surface area contributed by atoms with Crippen molar-refractivity contribution in [2.75, 3.05) is 13.1 Å². The zero-order valence-electron chi connectivity index (χ0n) is 15.2. The Bertz CT molecular complexity index is 556. The first-order valence-corrected chi connectivity index (χ1v) is 9.06. The molecule has 4 nitrogen and oxygen atoms in total. The molecule has 1 aliphatic heterocycles. The SMILES string of the molecule is CC(C)CCNC(=O)C1(C)CCC(=O)N1CCCc1ccccc1. The predicted molar refractivity (Wildman–Crippen MR) is 96.6 cm³/mol. The Balaban J connectivity index is 1.90. The fourth-order valence-corrected chi connectivity index (χ4v) is 3.25. The van der Waals surface area contributed by atoms with Gasteiger partial charge in [-0.05, 0) is 44.1 Å². The molecule has 1 unspecified atom stereocenters. The van der Waals surface area contributed by atoms with Gasteiger partial charge in [0.1, 0.15) is 5.54 Å². The number of amides is 2. The average molecular weight is 330 g/mol. The molecule has 1 atom stereocenters. The third-order valence-electron chi connectivity index (χ3n) is 4.91. The Kier molecular flexibility index (Phi) is 6.41. The molecule has 0 saturated carbocycles. The van der Waals surface area contributed by atoms with Gasteiger partial charge in [-0.1, -0.05) is 44.2 Å². The van der Waals surface area contributed by atoms with Gasteiger partial charge in [-0.15, -0.1) is 0 Å². The van der Waals surface area contributed by atoms with E-state index in [0.29, 0.717) is 31.8 Å². The Labute approximate surface area is 145 Å². The number of hydrogen-bond donors (Lipinski definition) is 1. The van der Waals surface area contributed by atoms with Crippen LogP contribution in [-0.2, 0) is 16.0 Å². The molecule has 4 heteroatoms.